The van der Waals surface area contributed by atoms with E-state index in [2.05, 4.69) is 5.32 Å². The van der Waals surface area contributed by atoms with Crippen LogP contribution in [0.5, 0.6) is 0 Å². The molecule has 1 saturated heterocycles. The van der Waals surface area contributed by atoms with Crippen molar-refractivity contribution < 1.29 is 19.4 Å². The highest BCUT2D eigenvalue weighted by Gasteiger charge is 2.35. The number of hydrogen-bond donors (Lipinski definition) is 3. The molecule has 1 amide bonds. The minimum atomic E-state index is -0.897. The number of benzene rings is 1. The standard InChI is InChI=1S/C16H23FN2O3/c1-12(20)11-18-16(6-8-19(9-7-16)15(21)22)10-13-2-4-14(17)5-3-13/h2-5,12,18,20H,6-11H2,1H3,(H,21,22). The number of nitrogens with zero attached hydrogens (tertiary/aromatic N) is 1. The van der Waals surface area contributed by atoms with Gasteiger partial charge in [0.1, 0.15) is 5.82 Å². The van der Waals surface area contributed by atoms with Crippen LogP contribution in [0.15, 0.2) is 24.3 Å². The molecule has 0 radical (unpaired) electrons. The normalized spacial score (nSPS) is 19.0. The van der Waals surface area contributed by atoms with E-state index in [0.717, 1.165) is 5.56 Å². The Hall–Kier alpha value is -1.66. The zero-order valence-electron chi connectivity index (χ0n) is 12.8. The van der Waals surface area contributed by atoms with Crippen LogP contribution in [-0.4, -0.2) is 52.5 Å². The van der Waals surface area contributed by atoms with Crippen LogP contribution < -0.4 is 5.32 Å². The number of piperidine rings is 1. The molecule has 1 aromatic carbocycles. The van der Waals surface area contributed by atoms with Crippen molar-refractivity contribution in [1.29, 1.82) is 0 Å². The molecule has 5 nitrogen and oxygen atoms in total. The molecule has 122 valence electrons. The Bertz CT molecular complexity index is 497. The molecule has 0 spiro atoms. The molecule has 0 bridgehead atoms. The van der Waals surface area contributed by atoms with Crippen LogP contribution >= 0.6 is 0 Å². The quantitative estimate of drug-likeness (QED) is 0.776. The van der Waals surface area contributed by atoms with Gasteiger partial charge in [-0.15, -0.1) is 0 Å². The van der Waals surface area contributed by atoms with Gasteiger partial charge in [-0.2, -0.15) is 0 Å². The molecule has 0 saturated carbocycles. The van der Waals surface area contributed by atoms with E-state index in [1.807, 2.05) is 0 Å². The number of aliphatic hydroxyl groups is 1. The fraction of sp³-hybridized carbons (Fsp3) is 0.562. The molecule has 0 aliphatic carbocycles. The molecule has 2 rings (SSSR count). The van der Waals surface area contributed by atoms with Gasteiger partial charge in [-0.25, -0.2) is 9.18 Å². The highest BCUT2D eigenvalue weighted by Crippen LogP contribution is 2.27. The van der Waals surface area contributed by atoms with Gasteiger partial charge in [0.2, 0.25) is 0 Å². The Morgan fingerprint density at radius 3 is 2.45 bits per heavy atom. The topological polar surface area (TPSA) is 72.8 Å². The van der Waals surface area contributed by atoms with Gasteiger partial charge in [0, 0.05) is 25.2 Å². The Labute approximate surface area is 129 Å². The van der Waals surface area contributed by atoms with Gasteiger partial charge in [-0.1, -0.05) is 12.1 Å². The summed E-state index contributed by atoms with van der Waals surface area (Å²) in [6.45, 7) is 3.09. The number of carboxylic acid groups (broad SMARTS) is 1. The lowest BCUT2D eigenvalue weighted by Gasteiger charge is -2.42. The summed E-state index contributed by atoms with van der Waals surface area (Å²) in [5.74, 6) is -0.268. The Kier molecular flexibility index (Phi) is 5.37. The summed E-state index contributed by atoms with van der Waals surface area (Å²) in [4.78, 5) is 12.5. The van der Waals surface area contributed by atoms with Gasteiger partial charge in [-0.05, 0) is 43.9 Å². The molecular formula is C16H23FN2O3. The van der Waals surface area contributed by atoms with Gasteiger partial charge in [0.25, 0.3) is 0 Å². The molecule has 22 heavy (non-hydrogen) atoms. The molecule has 0 aromatic heterocycles. The average molecular weight is 310 g/mol. The van der Waals surface area contributed by atoms with Crippen LogP contribution in [-0.2, 0) is 6.42 Å². The predicted octanol–water partition coefficient (Wildman–Crippen LogP) is 1.85. The van der Waals surface area contributed by atoms with Crippen LogP contribution in [0.3, 0.4) is 0 Å². The van der Waals surface area contributed by atoms with Gasteiger partial charge < -0.3 is 20.4 Å². The molecule has 3 N–H and O–H groups in total. The first-order valence-corrected chi connectivity index (χ1v) is 7.56. The van der Waals surface area contributed by atoms with Crippen molar-refractivity contribution in [1.82, 2.24) is 10.2 Å². The summed E-state index contributed by atoms with van der Waals surface area (Å²) in [7, 11) is 0. The monoisotopic (exact) mass is 310 g/mol. The minimum absolute atomic E-state index is 0.263. The number of halogens is 1. The largest absolute Gasteiger partial charge is 0.465 e. The summed E-state index contributed by atoms with van der Waals surface area (Å²) in [6.07, 6.45) is 0.661. The molecule has 1 heterocycles. The van der Waals surface area contributed by atoms with E-state index in [-0.39, 0.29) is 11.4 Å². The summed E-state index contributed by atoms with van der Waals surface area (Å²) < 4.78 is 13.0. The SMILES string of the molecule is CC(O)CNC1(Cc2ccc(F)cc2)CCN(C(=O)O)CC1. The summed E-state index contributed by atoms with van der Waals surface area (Å²) in [5, 5.41) is 22.0. The Morgan fingerprint density at radius 1 is 1.36 bits per heavy atom. The molecule has 6 heteroatoms. The van der Waals surface area contributed by atoms with Crippen molar-refractivity contribution in [3.63, 3.8) is 0 Å². The Morgan fingerprint density at radius 2 is 1.95 bits per heavy atom. The second-order valence-corrected chi connectivity index (χ2v) is 6.08. The van der Waals surface area contributed by atoms with E-state index >= 15 is 0 Å². The molecule has 1 aliphatic heterocycles. The van der Waals surface area contributed by atoms with E-state index in [9.17, 15) is 14.3 Å². The van der Waals surface area contributed by atoms with E-state index in [0.29, 0.717) is 38.9 Å². The zero-order valence-corrected chi connectivity index (χ0v) is 12.8. The van der Waals surface area contributed by atoms with Crippen LogP contribution in [0, 0.1) is 5.82 Å². The highest BCUT2D eigenvalue weighted by atomic mass is 19.1. The maximum Gasteiger partial charge on any atom is 0.407 e. The number of likely N-dealkylation sites (tertiary alicyclic amines) is 1. The van der Waals surface area contributed by atoms with Crippen LogP contribution in [0.2, 0.25) is 0 Å². The number of rotatable bonds is 5. The van der Waals surface area contributed by atoms with Gasteiger partial charge in [0.05, 0.1) is 6.10 Å². The third-order valence-corrected chi connectivity index (χ3v) is 4.22. The van der Waals surface area contributed by atoms with Crippen molar-refractivity contribution in [3.05, 3.63) is 35.6 Å². The molecule has 1 atom stereocenters. The summed E-state index contributed by atoms with van der Waals surface area (Å²) in [6, 6.07) is 6.38. The average Bonchev–Trinajstić information content (AvgIpc) is 2.48. The second kappa shape index (κ2) is 7.07. The second-order valence-electron chi connectivity index (χ2n) is 6.08. The van der Waals surface area contributed by atoms with E-state index in [4.69, 9.17) is 5.11 Å². The minimum Gasteiger partial charge on any atom is -0.465 e. The van der Waals surface area contributed by atoms with Crippen LogP contribution in [0.4, 0.5) is 9.18 Å². The molecule has 1 aromatic rings. The van der Waals surface area contributed by atoms with E-state index < -0.39 is 12.2 Å². The summed E-state index contributed by atoms with van der Waals surface area (Å²) >= 11 is 0. The molecule has 1 unspecified atom stereocenters. The van der Waals surface area contributed by atoms with Crippen molar-refractivity contribution in [2.75, 3.05) is 19.6 Å². The van der Waals surface area contributed by atoms with Crippen molar-refractivity contribution in [3.8, 4) is 0 Å². The number of aliphatic hydroxyl groups excluding tert-OH is 1. The molecular weight excluding hydrogens is 287 g/mol. The third-order valence-electron chi connectivity index (χ3n) is 4.22. The first-order valence-electron chi connectivity index (χ1n) is 7.56. The maximum absolute atomic E-state index is 13.0. The van der Waals surface area contributed by atoms with Gasteiger partial charge in [0.15, 0.2) is 0 Å². The predicted molar refractivity (Wildman–Crippen MR) is 81.4 cm³/mol. The summed E-state index contributed by atoms with van der Waals surface area (Å²) in [5.41, 5.74) is 0.740. The van der Waals surface area contributed by atoms with E-state index in [1.54, 1.807) is 19.1 Å². The lowest BCUT2D eigenvalue weighted by atomic mass is 9.81. The fourth-order valence-electron chi connectivity index (χ4n) is 2.90. The number of nitrogens with one attached hydrogen (secondary N) is 1. The number of β-amino-alcohol motifs (C(OH)–C–C–N with tert-alkyl or cyclic N) is 1. The van der Waals surface area contributed by atoms with Crippen molar-refractivity contribution in [2.24, 2.45) is 0 Å². The third kappa shape index (κ3) is 4.42. The van der Waals surface area contributed by atoms with Crippen molar-refractivity contribution >= 4 is 6.09 Å². The lowest BCUT2D eigenvalue weighted by Crippen LogP contribution is -2.56. The lowest BCUT2D eigenvalue weighted by molar-refractivity contribution is 0.0970. The van der Waals surface area contributed by atoms with E-state index in [1.165, 1.54) is 17.0 Å². The number of carbonyl (C=O) groups is 1. The smallest absolute Gasteiger partial charge is 0.407 e. The first kappa shape index (κ1) is 16.7. The maximum atomic E-state index is 13.0. The molecule has 1 aliphatic rings. The first-order chi connectivity index (χ1) is 10.4. The number of hydrogen-bond acceptors (Lipinski definition) is 3. The Balaban J connectivity index is 2.08. The zero-order chi connectivity index (χ0) is 16.2. The van der Waals surface area contributed by atoms with Gasteiger partial charge >= 0.3 is 6.09 Å². The fourth-order valence-corrected chi connectivity index (χ4v) is 2.90. The van der Waals surface area contributed by atoms with Crippen molar-refractivity contribution in [2.45, 2.75) is 37.8 Å². The number of amides is 1. The highest BCUT2D eigenvalue weighted by molar-refractivity contribution is 5.65. The van der Waals surface area contributed by atoms with Crippen LogP contribution in [0.1, 0.15) is 25.3 Å². The van der Waals surface area contributed by atoms with Crippen LogP contribution in [0.25, 0.3) is 0 Å². The molecule has 1 fully saturated rings. The van der Waals surface area contributed by atoms with Gasteiger partial charge in [-0.3, -0.25) is 0 Å².